The molecule has 2 aliphatic rings. The summed E-state index contributed by atoms with van der Waals surface area (Å²) in [6.07, 6.45) is 2.52. The van der Waals surface area contributed by atoms with Crippen molar-refractivity contribution in [3.63, 3.8) is 0 Å². The van der Waals surface area contributed by atoms with Crippen LogP contribution in [0, 0.1) is 0 Å². The number of ether oxygens (including phenoxy) is 1. The van der Waals surface area contributed by atoms with Gasteiger partial charge in [-0.2, -0.15) is 30.9 Å². The monoisotopic (exact) mass is 399 g/mol. The molecule has 0 amide bonds. The van der Waals surface area contributed by atoms with E-state index in [1.165, 1.54) is 9.75 Å². The number of halogens is 3. The molecule has 1 aromatic heterocycles. The van der Waals surface area contributed by atoms with Crippen LogP contribution in [0.1, 0.15) is 42.0 Å². The molecule has 0 aliphatic carbocycles. The molecule has 142 valence electrons. The van der Waals surface area contributed by atoms with Crippen molar-refractivity contribution in [3.8, 4) is 0 Å². The van der Waals surface area contributed by atoms with E-state index in [1.807, 2.05) is 0 Å². The van der Waals surface area contributed by atoms with E-state index >= 15 is 0 Å². The summed E-state index contributed by atoms with van der Waals surface area (Å²) in [7, 11) is -5.65. The molecule has 2 aliphatic heterocycles. The van der Waals surface area contributed by atoms with Crippen molar-refractivity contribution in [3.05, 3.63) is 21.4 Å². The average molecular weight is 399 g/mol. The molecular formula is C15H20F3NO4S2. The van der Waals surface area contributed by atoms with Crippen LogP contribution in [0.2, 0.25) is 0 Å². The number of rotatable bonds is 3. The van der Waals surface area contributed by atoms with Crippen LogP contribution in [0.3, 0.4) is 0 Å². The van der Waals surface area contributed by atoms with Crippen LogP contribution in [-0.2, 0) is 37.6 Å². The Morgan fingerprint density at radius 2 is 2.20 bits per heavy atom. The zero-order valence-corrected chi connectivity index (χ0v) is 15.6. The lowest BCUT2D eigenvalue weighted by molar-refractivity contribution is -0.184. The highest BCUT2D eigenvalue weighted by Crippen LogP contribution is 2.46. The molecular weight excluding hydrogens is 379 g/mol. The molecule has 5 nitrogen and oxygen atoms in total. The summed E-state index contributed by atoms with van der Waals surface area (Å²) in [6.45, 7) is 4.34. The third kappa shape index (κ3) is 3.46. The molecule has 2 atom stereocenters. The first kappa shape index (κ1) is 19.1. The van der Waals surface area contributed by atoms with E-state index in [4.69, 9.17) is 4.74 Å². The molecule has 0 radical (unpaired) electrons. The Balaban J connectivity index is 1.80. The average Bonchev–Trinajstić information content (AvgIpc) is 2.94. The maximum absolute atomic E-state index is 12.5. The molecule has 0 unspecified atom stereocenters. The number of hydrogen-bond acceptors (Lipinski definition) is 6. The summed E-state index contributed by atoms with van der Waals surface area (Å²) >= 11 is 1.75. The Bertz CT molecular complexity index is 746. The number of fused-ring (bicyclic) bond motifs is 2. The van der Waals surface area contributed by atoms with E-state index in [9.17, 15) is 21.6 Å². The van der Waals surface area contributed by atoms with Gasteiger partial charge in [0.2, 0.25) is 0 Å². The molecule has 10 heteroatoms. The molecule has 0 N–H and O–H groups in total. The molecule has 3 rings (SSSR count). The van der Waals surface area contributed by atoms with Gasteiger partial charge >= 0.3 is 15.6 Å². The molecule has 1 spiro atoms. The van der Waals surface area contributed by atoms with Crippen LogP contribution < -0.4 is 0 Å². The van der Waals surface area contributed by atoms with Crippen molar-refractivity contribution in [2.45, 2.75) is 56.7 Å². The highest BCUT2D eigenvalue weighted by molar-refractivity contribution is 7.87. The fourth-order valence-corrected chi connectivity index (χ4v) is 5.23. The first-order valence-electron chi connectivity index (χ1n) is 8.11. The minimum Gasteiger partial charge on any atom is -0.370 e. The number of alkyl halides is 3. The van der Waals surface area contributed by atoms with E-state index in [1.54, 1.807) is 18.3 Å². The quantitative estimate of drug-likeness (QED) is 0.730. The van der Waals surface area contributed by atoms with E-state index in [-0.39, 0.29) is 6.54 Å². The van der Waals surface area contributed by atoms with Gasteiger partial charge in [0.05, 0.1) is 12.2 Å². The van der Waals surface area contributed by atoms with Crippen molar-refractivity contribution < 1.29 is 30.6 Å². The SMILES string of the molecule is CCc1cc2c(s1)CCO[C@@]21CCN(OS(=O)(=O)C(F)(F)F)[C@@H](C)C1. The summed E-state index contributed by atoms with van der Waals surface area (Å²) in [5, 5.41) is 0.902. The van der Waals surface area contributed by atoms with E-state index in [2.05, 4.69) is 17.3 Å². The zero-order valence-electron chi connectivity index (χ0n) is 13.9. The fraction of sp³-hybridized carbons (Fsp3) is 0.733. The Morgan fingerprint density at radius 1 is 1.48 bits per heavy atom. The Labute approximate surface area is 148 Å². The van der Waals surface area contributed by atoms with Crippen molar-refractivity contribution in [2.75, 3.05) is 13.2 Å². The third-order valence-electron chi connectivity index (χ3n) is 4.74. The molecule has 0 aromatic carbocycles. The molecule has 1 fully saturated rings. The fourth-order valence-electron chi connectivity index (χ4n) is 3.49. The molecule has 0 bridgehead atoms. The maximum atomic E-state index is 12.5. The second-order valence-electron chi connectivity index (χ2n) is 6.41. The lowest BCUT2D eigenvalue weighted by atomic mass is 9.80. The lowest BCUT2D eigenvalue weighted by Crippen LogP contribution is -2.51. The van der Waals surface area contributed by atoms with Gasteiger partial charge in [0.1, 0.15) is 0 Å². The topological polar surface area (TPSA) is 55.8 Å². The van der Waals surface area contributed by atoms with Crippen molar-refractivity contribution in [1.29, 1.82) is 0 Å². The minimum atomic E-state index is -5.65. The van der Waals surface area contributed by atoms with Gasteiger partial charge < -0.3 is 4.74 Å². The maximum Gasteiger partial charge on any atom is 0.524 e. The number of thiophene rings is 1. The van der Waals surface area contributed by atoms with Gasteiger partial charge in [0, 0.05) is 28.8 Å². The summed E-state index contributed by atoms with van der Waals surface area (Å²) in [6, 6.07) is 1.59. The highest BCUT2D eigenvalue weighted by Gasteiger charge is 2.51. The van der Waals surface area contributed by atoms with E-state index in [0.29, 0.717) is 19.4 Å². The Morgan fingerprint density at radius 3 is 2.80 bits per heavy atom. The molecule has 25 heavy (non-hydrogen) atoms. The molecule has 0 saturated carbocycles. The van der Waals surface area contributed by atoms with Crippen LogP contribution in [0.25, 0.3) is 0 Å². The van der Waals surface area contributed by atoms with Crippen LogP contribution in [0.15, 0.2) is 6.07 Å². The number of nitrogens with zero attached hydrogens (tertiary/aromatic N) is 1. The zero-order chi connectivity index (χ0) is 18.5. The summed E-state index contributed by atoms with van der Waals surface area (Å²) in [4.78, 5) is 2.51. The van der Waals surface area contributed by atoms with Crippen LogP contribution in [-0.4, -0.2) is 38.2 Å². The number of aryl methyl sites for hydroxylation is 1. The normalized spacial score (nSPS) is 28.3. The largest absolute Gasteiger partial charge is 0.524 e. The number of piperidine rings is 1. The molecule has 1 saturated heterocycles. The molecule has 3 heterocycles. The number of hydrogen-bond donors (Lipinski definition) is 0. The van der Waals surface area contributed by atoms with Gasteiger partial charge in [-0.15, -0.1) is 11.3 Å². The summed E-state index contributed by atoms with van der Waals surface area (Å²) < 4.78 is 70.5. The first-order chi connectivity index (χ1) is 11.6. The molecule has 1 aromatic rings. The van der Waals surface area contributed by atoms with Crippen molar-refractivity contribution >= 4 is 21.5 Å². The van der Waals surface area contributed by atoms with Gasteiger partial charge in [-0.05, 0) is 37.8 Å². The summed E-state index contributed by atoms with van der Waals surface area (Å²) in [5.41, 5.74) is -4.90. The van der Waals surface area contributed by atoms with Gasteiger partial charge in [0.25, 0.3) is 0 Å². The van der Waals surface area contributed by atoms with Gasteiger partial charge in [0.15, 0.2) is 0 Å². The first-order valence-corrected chi connectivity index (χ1v) is 10.3. The predicted molar refractivity (Wildman–Crippen MR) is 86.5 cm³/mol. The summed E-state index contributed by atoms with van der Waals surface area (Å²) in [5.74, 6) is 0. The van der Waals surface area contributed by atoms with Gasteiger partial charge in [-0.3, -0.25) is 0 Å². The van der Waals surface area contributed by atoms with E-state index < -0.39 is 27.3 Å². The predicted octanol–water partition coefficient (Wildman–Crippen LogP) is 3.34. The van der Waals surface area contributed by atoms with Crippen molar-refractivity contribution in [2.24, 2.45) is 0 Å². The minimum absolute atomic E-state index is 0.0488. The second-order valence-corrected chi connectivity index (χ2v) is 9.16. The number of hydroxylamine groups is 2. The third-order valence-corrected chi connectivity index (χ3v) is 7.03. The van der Waals surface area contributed by atoms with Crippen LogP contribution >= 0.6 is 11.3 Å². The van der Waals surface area contributed by atoms with Crippen LogP contribution in [0.4, 0.5) is 13.2 Å². The van der Waals surface area contributed by atoms with Gasteiger partial charge in [-0.25, -0.2) is 0 Å². The lowest BCUT2D eigenvalue weighted by Gasteiger charge is -2.46. The highest BCUT2D eigenvalue weighted by atomic mass is 32.2. The van der Waals surface area contributed by atoms with Gasteiger partial charge in [-0.1, -0.05) is 6.92 Å². The Kier molecular flexibility index (Phi) is 4.95. The van der Waals surface area contributed by atoms with E-state index in [0.717, 1.165) is 23.5 Å². The van der Waals surface area contributed by atoms with Crippen LogP contribution in [0.5, 0.6) is 0 Å². The standard InChI is InChI=1S/C15H20F3NO4S2/c1-3-11-8-12-13(24-11)4-7-22-14(12)5-6-19(10(2)9-14)23-25(20,21)15(16,17)18/h8,10H,3-7,9H2,1-2H3/t10-,14+/m0/s1. The second kappa shape index (κ2) is 6.49. The smallest absolute Gasteiger partial charge is 0.370 e. The Hall–Kier alpha value is -0.680. The van der Waals surface area contributed by atoms with Crippen molar-refractivity contribution in [1.82, 2.24) is 5.06 Å².